The van der Waals surface area contributed by atoms with Gasteiger partial charge in [0, 0.05) is 24.8 Å². The summed E-state index contributed by atoms with van der Waals surface area (Å²) in [6, 6.07) is 9.07. The average Bonchev–Trinajstić information content (AvgIpc) is 3.14. The van der Waals surface area contributed by atoms with Gasteiger partial charge in [-0.05, 0) is 26.0 Å². The molecule has 2 heterocycles. The second kappa shape index (κ2) is 12.0. The smallest absolute Gasteiger partial charge is 0.405 e. The van der Waals surface area contributed by atoms with Crippen LogP contribution in [0.25, 0.3) is 0 Å². The third-order valence-electron chi connectivity index (χ3n) is 4.81. The van der Waals surface area contributed by atoms with E-state index in [1.165, 1.54) is 12.1 Å². The Balaban J connectivity index is 2.07. The predicted octanol–water partition coefficient (Wildman–Crippen LogP) is 1.82. The molecular weight excluding hydrogens is 495 g/mol. The molecule has 0 radical (unpaired) electrons. The molecule has 36 heavy (non-hydrogen) atoms. The van der Waals surface area contributed by atoms with Gasteiger partial charge in [0.2, 0.25) is 0 Å². The standard InChI is InChI=1S/C23H25N2O10P/c1-4-31-36(30,32-5-2)14-12-17-19(35-22(28)16-9-7-6-8-10-16)20(33-15(3)26)21(34-17)25-13-11-18(27)24-23(25)29/h6-11,13,17,19-21H,4-5H2,1-3H3,(H,24,27,29)/t17-,19-,20-,21-/m1/s1. The summed E-state index contributed by atoms with van der Waals surface area (Å²) < 4.78 is 41.0. The van der Waals surface area contributed by atoms with Gasteiger partial charge in [0.05, 0.1) is 18.8 Å². The van der Waals surface area contributed by atoms with Gasteiger partial charge in [-0.1, -0.05) is 24.1 Å². The molecule has 12 nitrogen and oxygen atoms in total. The lowest BCUT2D eigenvalue weighted by molar-refractivity contribution is -0.156. The molecule has 1 aromatic carbocycles. The molecule has 0 bridgehead atoms. The minimum absolute atomic E-state index is 0.0510. The van der Waals surface area contributed by atoms with E-state index in [9.17, 15) is 23.7 Å². The van der Waals surface area contributed by atoms with Gasteiger partial charge >= 0.3 is 25.2 Å². The third-order valence-corrected chi connectivity index (χ3v) is 6.41. The van der Waals surface area contributed by atoms with E-state index in [2.05, 4.69) is 16.6 Å². The van der Waals surface area contributed by atoms with Crippen LogP contribution in [0.3, 0.4) is 0 Å². The van der Waals surface area contributed by atoms with E-state index >= 15 is 0 Å². The maximum atomic E-state index is 12.9. The number of nitrogens with zero attached hydrogens (tertiary/aromatic N) is 1. The highest BCUT2D eigenvalue weighted by Gasteiger charge is 2.50. The van der Waals surface area contributed by atoms with Crippen LogP contribution < -0.4 is 11.2 Å². The van der Waals surface area contributed by atoms with Crippen LogP contribution in [-0.4, -0.2) is 53.0 Å². The van der Waals surface area contributed by atoms with Crippen LogP contribution in [0, 0.1) is 11.6 Å². The van der Waals surface area contributed by atoms with E-state index < -0.39 is 55.3 Å². The van der Waals surface area contributed by atoms with E-state index in [0.29, 0.717) is 0 Å². The molecule has 0 aliphatic carbocycles. The largest absolute Gasteiger partial charge is 0.454 e. The molecule has 1 aliphatic rings. The van der Waals surface area contributed by atoms with Crippen LogP contribution in [0.15, 0.2) is 52.2 Å². The summed E-state index contributed by atoms with van der Waals surface area (Å²) in [6.07, 6.45) is -4.23. The maximum absolute atomic E-state index is 12.9. The van der Waals surface area contributed by atoms with Crippen LogP contribution >= 0.6 is 7.60 Å². The molecule has 3 rings (SSSR count). The zero-order valence-corrected chi connectivity index (χ0v) is 20.6. The van der Waals surface area contributed by atoms with Gasteiger partial charge in [-0.3, -0.25) is 28.2 Å². The lowest BCUT2D eigenvalue weighted by atomic mass is 10.1. The monoisotopic (exact) mass is 520 g/mol. The summed E-state index contributed by atoms with van der Waals surface area (Å²) in [7, 11) is -3.85. The Hall–Kier alpha value is -3.49. The van der Waals surface area contributed by atoms with Crippen LogP contribution in [0.1, 0.15) is 37.4 Å². The Morgan fingerprint density at radius 2 is 1.72 bits per heavy atom. The number of rotatable bonds is 8. The van der Waals surface area contributed by atoms with Crippen molar-refractivity contribution >= 4 is 19.5 Å². The summed E-state index contributed by atoms with van der Waals surface area (Å²) in [5, 5.41) is 0. The summed E-state index contributed by atoms with van der Waals surface area (Å²) in [6.45, 7) is 4.45. The molecule has 2 aromatic rings. The summed E-state index contributed by atoms with van der Waals surface area (Å²) >= 11 is 0. The first-order chi connectivity index (χ1) is 17.2. The normalized spacial score (nSPS) is 21.3. The molecule has 0 unspecified atom stereocenters. The maximum Gasteiger partial charge on any atom is 0.405 e. The molecule has 0 spiro atoms. The number of nitrogens with one attached hydrogen (secondary N) is 1. The summed E-state index contributed by atoms with van der Waals surface area (Å²) in [4.78, 5) is 50.9. The number of ether oxygens (including phenoxy) is 3. The van der Waals surface area contributed by atoms with Crippen molar-refractivity contribution in [1.29, 1.82) is 0 Å². The third kappa shape index (κ3) is 6.59. The number of hydrogen-bond acceptors (Lipinski definition) is 10. The fourth-order valence-electron chi connectivity index (χ4n) is 3.40. The van der Waals surface area contributed by atoms with Gasteiger partial charge in [0.15, 0.2) is 24.5 Å². The topological polar surface area (TPSA) is 152 Å². The van der Waals surface area contributed by atoms with E-state index in [0.717, 1.165) is 23.8 Å². The van der Waals surface area contributed by atoms with Crippen LogP contribution in [-0.2, 0) is 32.6 Å². The van der Waals surface area contributed by atoms with Crippen LogP contribution in [0.2, 0.25) is 0 Å². The molecule has 192 valence electrons. The highest BCUT2D eigenvalue weighted by Crippen LogP contribution is 2.47. The van der Waals surface area contributed by atoms with Gasteiger partial charge in [-0.25, -0.2) is 14.2 Å². The molecule has 0 saturated carbocycles. The molecule has 1 aromatic heterocycles. The van der Waals surface area contributed by atoms with E-state index in [-0.39, 0.29) is 18.8 Å². The lowest BCUT2D eigenvalue weighted by Crippen LogP contribution is -2.41. The zero-order chi connectivity index (χ0) is 26.3. The molecule has 13 heteroatoms. The van der Waals surface area contributed by atoms with Crippen molar-refractivity contribution in [1.82, 2.24) is 9.55 Å². The number of H-pyrrole nitrogens is 1. The van der Waals surface area contributed by atoms with Gasteiger partial charge in [0.25, 0.3) is 5.56 Å². The Labute approximate surface area is 206 Å². The Bertz CT molecular complexity index is 1300. The quantitative estimate of drug-likeness (QED) is 0.310. The average molecular weight is 520 g/mol. The number of hydrogen-bond donors (Lipinski definition) is 1. The number of esters is 2. The number of aromatic amines is 1. The second-order valence-corrected chi connectivity index (χ2v) is 9.10. The van der Waals surface area contributed by atoms with Crippen LogP contribution in [0.4, 0.5) is 0 Å². The number of carbonyl (C=O) groups is 2. The molecular formula is C23H25N2O10P. The minimum atomic E-state index is -3.85. The molecule has 1 N–H and O–H groups in total. The molecule has 1 fully saturated rings. The molecule has 4 atom stereocenters. The minimum Gasteiger partial charge on any atom is -0.454 e. The van der Waals surface area contributed by atoms with Crippen molar-refractivity contribution in [3.05, 3.63) is 69.0 Å². The number of carbonyl (C=O) groups excluding carboxylic acids is 2. The van der Waals surface area contributed by atoms with Crippen LogP contribution in [0.5, 0.6) is 0 Å². The van der Waals surface area contributed by atoms with Gasteiger partial charge in [-0.15, -0.1) is 0 Å². The highest BCUT2D eigenvalue weighted by molar-refractivity contribution is 7.59. The van der Waals surface area contributed by atoms with Crippen molar-refractivity contribution in [3.8, 4) is 11.6 Å². The van der Waals surface area contributed by atoms with Crippen molar-refractivity contribution in [3.63, 3.8) is 0 Å². The summed E-state index contributed by atoms with van der Waals surface area (Å²) in [5.74, 6) is 1.06. The second-order valence-electron chi connectivity index (χ2n) is 7.36. The van der Waals surface area contributed by atoms with Crippen molar-refractivity contribution in [2.45, 2.75) is 45.3 Å². The van der Waals surface area contributed by atoms with Crippen molar-refractivity contribution in [2.24, 2.45) is 0 Å². The zero-order valence-electron chi connectivity index (χ0n) is 19.7. The number of benzene rings is 1. The Morgan fingerprint density at radius 1 is 1.06 bits per heavy atom. The van der Waals surface area contributed by atoms with E-state index in [1.54, 1.807) is 32.0 Å². The number of aromatic nitrogens is 2. The molecule has 1 saturated heterocycles. The fourth-order valence-corrected chi connectivity index (χ4v) is 4.57. The SMILES string of the molecule is CCOP(=O)(C#C[C@H]1O[C@@H](n2ccc(=O)[nH]c2=O)[C@H](OC(C)=O)[C@@H]1OC(=O)c1ccccc1)OCC. The van der Waals surface area contributed by atoms with Crippen molar-refractivity contribution < 1.29 is 37.4 Å². The lowest BCUT2D eigenvalue weighted by Gasteiger charge is -2.23. The Morgan fingerprint density at radius 3 is 2.31 bits per heavy atom. The van der Waals surface area contributed by atoms with Gasteiger partial charge < -0.3 is 14.2 Å². The highest BCUT2D eigenvalue weighted by atomic mass is 31.2. The first kappa shape index (κ1) is 27.1. The van der Waals surface area contributed by atoms with Crippen molar-refractivity contribution in [2.75, 3.05) is 13.2 Å². The Kier molecular flexibility index (Phi) is 9.01. The van der Waals surface area contributed by atoms with Gasteiger partial charge in [0.1, 0.15) is 0 Å². The summed E-state index contributed by atoms with van der Waals surface area (Å²) in [5.41, 5.74) is 1.09. The fraction of sp³-hybridized carbons (Fsp3) is 0.391. The first-order valence-electron chi connectivity index (χ1n) is 11.0. The first-order valence-corrected chi connectivity index (χ1v) is 12.5. The molecule has 1 aliphatic heterocycles. The molecule has 0 amide bonds. The van der Waals surface area contributed by atoms with E-state index in [1.807, 2.05) is 0 Å². The predicted molar refractivity (Wildman–Crippen MR) is 125 cm³/mol. The van der Waals surface area contributed by atoms with Gasteiger partial charge in [-0.2, -0.15) is 0 Å². The van der Waals surface area contributed by atoms with E-state index in [4.69, 9.17) is 23.3 Å².